The summed E-state index contributed by atoms with van der Waals surface area (Å²) >= 11 is 24.1. The summed E-state index contributed by atoms with van der Waals surface area (Å²) in [6.07, 6.45) is -18.8. The number of carboxylic acids is 1. The third-order valence-electron chi connectivity index (χ3n) is 10.4. The lowest BCUT2D eigenvalue weighted by molar-refractivity contribution is -0.216. The number of hydrogen-bond acceptors (Lipinski definition) is 8. The van der Waals surface area contributed by atoms with Gasteiger partial charge in [-0.3, -0.25) is 14.6 Å². The summed E-state index contributed by atoms with van der Waals surface area (Å²) in [5.41, 5.74) is 3.82. The number of ether oxygens (including phenoxy) is 2. The number of benzene rings is 4. The van der Waals surface area contributed by atoms with E-state index in [9.17, 15) is 45.5 Å². The second kappa shape index (κ2) is 22.5. The van der Waals surface area contributed by atoms with Gasteiger partial charge in [0.1, 0.15) is 0 Å². The van der Waals surface area contributed by atoms with Crippen LogP contribution in [0.1, 0.15) is 34.3 Å². The molecule has 4 aromatic rings. The van der Waals surface area contributed by atoms with E-state index in [0.29, 0.717) is 46.3 Å². The number of hydrogen-bond donors (Lipinski definition) is 2. The van der Waals surface area contributed by atoms with Crippen LogP contribution in [-0.2, 0) is 19.1 Å². The van der Waals surface area contributed by atoms with Gasteiger partial charge in [0.25, 0.3) is 18.1 Å². The zero-order chi connectivity index (χ0) is 47.6. The maximum atomic E-state index is 13.1. The van der Waals surface area contributed by atoms with Crippen LogP contribution in [0, 0.1) is 0 Å². The molecule has 2 unspecified atom stereocenters. The van der Waals surface area contributed by atoms with Crippen molar-refractivity contribution in [2.45, 2.75) is 36.6 Å². The molecule has 6 rings (SSSR count). The minimum Gasteiger partial charge on any atom is -0.478 e. The number of likely N-dealkylation sites (N-methyl/N-ethyl adjacent to an activating group) is 1. The molecule has 65 heavy (non-hydrogen) atoms. The zero-order valence-corrected chi connectivity index (χ0v) is 37.2. The van der Waals surface area contributed by atoms with Crippen molar-refractivity contribution < 1.29 is 60.1 Å². The zero-order valence-electron chi connectivity index (χ0n) is 34.2. The van der Waals surface area contributed by atoms with Crippen molar-refractivity contribution >= 4 is 70.5 Å². The van der Waals surface area contributed by atoms with Crippen LogP contribution in [0.5, 0.6) is 0 Å². The van der Waals surface area contributed by atoms with Gasteiger partial charge in [-0.25, -0.2) is 14.4 Å². The van der Waals surface area contributed by atoms with E-state index < -0.39 is 48.6 Å². The highest BCUT2D eigenvalue weighted by molar-refractivity contribution is 6.31. The highest BCUT2D eigenvalue weighted by Gasteiger charge is 2.50. The minimum atomic E-state index is -5.20. The van der Waals surface area contributed by atoms with Crippen LogP contribution in [0.4, 0.5) is 35.9 Å². The Hall–Kier alpha value is -4.98. The molecule has 2 heterocycles. The Morgan fingerprint density at radius 1 is 0.508 bits per heavy atom. The van der Waals surface area contributed by atoms with E-state index in [-0.39, 0.29) is 38.3 Å². The summed E-state index contributed by atoms with van der Waals surface area (Å²) in [6.45, 7) is 1.82. The summed E-state index contributed by atoms with van der Waals surface area (Å²) in [5, 5.41) is 12.9. The molecule has 2 atom stereocenters. The number of nitrogens with one attached hydrogen (secondary N) is 1. The number of alkyl halides is 6. The molecule has 2 saturated heterocycles. The van der Waals surface area contributed by atoms with Crippen LogP contribution in [0.15, 0.2) is 97.1 Å². The molecule has 0 aliphatic carbocycles. The molecular formula is C43H41Cl4F6N5O7. The van der Waals surface area contributed by atoms with E-state index in [2.05, 4.69) is 19.3 Å². The van der Waals surface area contributed by atoms with Crippen molar-refractivity contribution in [3.8, 4) is 0 Å². The number of carbonyl (C=O) groups is 4. The quantitative estimate of drug-likeness (QED) is 0.149. The molecule has 2 aliphatic heterocycles. The number of rotatable bonds is 10. The summed E-state index contributed by atoms with van der Waals surface area (Å²) in [5.74, 6) is -3.70. The largest absolute Gasteiger partial charge is 0.478 e. The SMILES string of the molecule is CNC(=O)C(OC(=O)N1CCN(C(c2ccc(Cl)cc2)c2ccc(Cl)cc2)CC1)C(F)(F)F.O=C(O)C(OC(=O)N1CCN(C(c2ccc(Cl)cc2)c2ccc(Cl)cc2)CC1)C(F)(F)F. The first-order valence-corrected chi connectivity index (χ1v) is 21.2. The second-order valence-corrected chi connectivity index (χ2v) is 16.4. The Balaban J connectivity index is 0.000000244. The third-order valence-corrected chi connectivity index (χ3v) is 11.4. The van der Waals surface area contributed by atoms with E-state index in [1.165, 1.54) is 4.90 Å². The number of aliphatic carboxylic acids is 1. The number of amides is 3. The van der Waals surface area contributed by atoms with E-state index in [1.807, 2.05) is 53.8 Å². The maximum Gasteiger partial charge on any atom is 0.436 e. The average Bonchev–Trinajstić information content (AvgIpc) is 3.27. The molecule has 0 radical (unpaired) electrons. The summed E-state index contributed by atoms with van der Waals surface area (Å²) < 4.78 is 86.4. The van der Waals surface area contributed by atoms with Gasteiger partial charge in [0.05, 0.1) is 12.1 Å². The van der Waals surface area contributed by atoms with Gasteiger partial charge in [-0.1, -0.05) is 94.9 Å². The Bertz CT molecular complexity index is 2140. The van der Waals surface area contributed by atoms with Crippen LogP contribution >= 0.6 is 46.4 Å². The van der Waals surface area contributed by atoms with Gasteiger partial charge in [0.2, 0.25) is 0 Å². The third kappa shape index (κ3) is 14.0. The Labute approximate surface area is 389 Å². The van der Waals surface area contributed by atoms with Gasteiger partial charge < -0.3 is 29.7 Å². The monoisotopic (exact) mass is 993 g/mol. The van der Waals surface area contributed by atoms with Gasteiger partial charge in [-0.2, -0.15) is 26.3 Å². The minimum absolute atomic E-state index is 0.0701. The lowest BCUT2D eigenvalue weighted by Gasteiger charge is -2.39. The Morgan fingerprint density at radius 3 is 1.00 bits per heavy atom. The van der Waals surface area contributed by atoms with Crippen LogP contribution in [-0.4, -0.2) is 133 Å². The molecule has 3 amide bonds. The topological polar surface area (TPSA) is 132 Å². The highest BCUT2D eigenvalue weighted by atomic mass is 35.5. The first-order chi connectivity index (χ1) is 30.7. The molecular weight excluding hydrogens is 954 g/mol. The molecule has 2 fully saturated rings. The number of carboxylic acid groups (broad SMARTS) is 1. The van der Waals surface area contributed by atoms with E-state index in [4.69, 9.17) is 51.5 Å². The fourth-order valence-electron chi connectivity index (χ4n) is 7.14. The molecule has 0 spiro atoms. The van der Waals surface area contributed by atoms with Crippen molar-refractivity contribution in [1.29, 1.82) is 0 Å². The summed E-state index contributed by atoms with van der Waals surface area (Å²) in [4.78, 5) is 53.2. The number of carbonyl (C=O) groups excluding carboxylic acids is 3. The van der Waals surface area contributed by atoms with Crippen LogP contribution < -0.4 is 5.32 Å². The molecule has 12 nitrogen and oxygen atoms in total. The Morgan fingerprint density at radius 2 is 0.769 bits per heavy atom. The van der Waals surface area contributed by atoms with Gasteiger partial charge in [-0.05, 0) is 70.8 Å². The maximum absolute atomic E-state index is 13.1. The first kappa shape index (κ1) is 51.0. The normalized spacial score (nSPS) is 16.0. The number of halogens is 10. The second-order valence-electron chi connectivity index (χ2n) is 14.6. The Kier molecular flexibility index (Phi) is 17.6. The van der Waals surface area contributed by atoms with Crippen molar-refractivity contribution in [1.82, 2.24) is 24.9 Å². The predicted octanol–water partition coefficient (Wildman–Crippen LogP) is 9.37. The van der Waals surface area contributed by atoms with Crippen LogP contribution in [0.2, 0.25) is 20.1 Å². The van der Waals surface area contributed by atoms with Gasteiger partial charge in [-0.15, -0.1) is 0 Å². The molecule has 0 aromatic heterocycles. The van der Waals surface area contributed by atoms with E-state index in [0.717, 1.165) is 34.2 Å². The van der Waals surface area contributed by atoms with Gasteiger partial charge in [0.15, 0.2) is 0 Å². The van der Waals surface area contributed by atoms with Crippen LogP contribution in [0.3, 0.4) is 0 Å². The van der Waals surface area contributed by atoms with E-state index in [1.54, 1.807) is 48.5 Å². The first-order valence-electron chi connectivity index (χ1n) is 19.6. The van der Waals surface area contributed by atoms with Gasteiger partial charge >= 0.3 is 30.5 Å². The standard InChI is InChI=1S/C22H22Cl2F3N3O3.C21H19Cl2F3N2O4/c1-28-20(31)19(22(25,26)27)33-21(32)30-12-10-29(11-13-30)18(14-2-6-16(23)7-3-14)15-4-8-17(24)9-5-15;22-15-5-1-13(2-6-15)17(14-3-7-16(23)8-4-14)27-9-11-28(12-10-27)20(31)32-18(19(29)30)21(24,25)26/h2-9,18-19H,10-13H2,1H3,(H,28,31);1-8,17-18H,9-12H2,(H,29,30). The smallest absolute Gasteiger partial charge is 0.436 e. The highest BCUT2D eigenvalue weighted by Crippen LogP contribution is 2.34. The number of piperazine rings is 2. The lowest BCUT2D eigenvalue weighted by Crippen LogP contribution is -2.53. The molecule has 2 N–H and O–H groups in total. The van der Waals surface area contributed by atoms with E-state index >= 15 is 0 Å². The van der Waals surface area contributed by atoms with Crippen molar-refractivity contribution in [3.05, 3.63) is 139 Å². The van der Waals surface area contributed by atoms with Crippen molar-refractivity contribution in [2.24, 2.45) is 0 Å². The molecule has 22 heteroatoms. The van der Waals surface area contributed by atoms with Crippen molar-refractivity contribution in [2.75, 3.05) is 59.4 Å². The van der Waals surface area contributed by atoms with Crippen LogP contribution in [0.25, 0.3) is 0 Å². The molecule has 350 valence electrons. The molecule has 4 aromatic carbocycles. The predicted molar refractivity (Wildman–Crippen MR) is 230 cm³/mol. The fourth-order valence-corrected chi connectivity index (χ4v) is 7.65. The molecule has 2 aliphatic rings. The molecule has 0 bridgehead atoms. The molecule has 0 saturated carbocycles. The van der Waals surface area contributed by atoms with Crippen molar-refractivity contribution in [3.63, 3.8) is 0 Å². The average molecular weight is 996 g/mol. The lowest BCUT2D eigenvalue weighted by atomic mass is 9.96. The summed E-state index contributed by atoms with van der Waals surface area (Å²) in [7, 11) is 1.04. The number of nitrogens with zero attached hydrogens (tertiary/aromatic N) is 4. The van der Waals surface area contributed by atoms with Gasteiger partial charge in [0, 0.05) is 79.5 Å². The summed E-state index contributed by atoms with van der Waals surface area (Å²) in [6, 6.07) is 28.9. The fraction of sp³-hybridized carbons (Fsp3) is 0.349.